The van der Waals surface area contributed by atoms with Crippen LogP contribution in [-0.2, 0) is 0 Å². The molecule has 2 aromatic carbocycles. The minimum Gasteiger partial charge on any atom is -0.495 e. The van der Waals surface area contributed by atoms with Gasteiger partial charge in [-0.15, -0.1) is 0 Å². The molecule has 1 unspecified atom stereocenters. The van der Waals surface area contributed by atoms with Crippen LogP contribution in [0.1, 0.15) is 30.0 Å². The van der Waals surface area contributed by atoms with Crippen LogP contribution < -0.4 is 15.8 Å². The van der Waals surface area contributed by atoms with Crippen molar-refractivity contribution in [1.29, 1.82) is 0 Å². The van der Waals surface area contributed by atoms with Gasteiger partial charge < -0.3 is 15.8 Å². The van der Waals surface area contributed by atoms with Gasteiger partial charge in [0.15, 0.2) is 5.96 Å². The maximum Gasteiger partial charge on any atom is 0.193 e. The Bertz CT molecular complexity index is 785. The number of rotatable bonds is 6. The molecule has 6 heteroatoms. The van der Waals surface area contributed by atoms with Gasteiger partial charge in [0.1, 0.15) is 5.75 Å². The van der Waals surface area contributed by atoms with Gasteiger partial charge >= 0.3 is 0 Å². The molecule has 0 amide bonds. The van der Waals surface area contributed by atoms with Gasteiger partial charge in [-0.25, -0.2) is 0 Å². The molecular weight excluding hydrogens is 360 g/mol. The highest BCUT2D eigenvalue weighted by Crippen LogP contribution is 2.28. The van der Waals surface area contributed by atoms with Crippen LogP contribution in [0.3, 0.4) is 0 Å². The number of hydrogen-bond acceptors (Lipinski definition) is 3. The molecular formula is C21H27ClN4O. The molecule has 1 atom stereocenters. The lowest BCUT2D eigenvalue weighted by Crippen LogP contribution is -2.30. The van der Waals surface area contributed by atoms with E-state index in [2.05, 4.69) is 46.4 Å². The molecule has 5 nitrogen and oxygen atoms in total. The Hall–Kier alpha value is -2.24. The van der Waals surface area contributed by atoms with E-state index in [0.717, 1.165) is 18.8 Å². The van der Waals surface area contributed by atoms with Crippen molar-refractivity contribution >= 4 is 23.2 Å². The van der Waals surface area contributed by atoms with Gasteiger partial charge in [-0.3, -0.25) is 9.89 Å². The molecule has 3 rings (SSSR count). The van der Waals surface area contributed by atoms with Gasteiger partial charge in [-0.1, -0.05) is 41.4 Å². The second-order valence-electron chi connectivity index (χ2n) is 6.87. The normalized spacial score (nSPS) is 16.3. The number of nitrogens with two attached hydrogens (primary N) is 1. The fourth-order valence-corrected chi connectivity index (χ4v) is 3.65. The Morgan fingerprint density at radius 1 is 1.22 bits per heavy atom. The van der Waals surface area contributed by atoms with Crippen LogP contribution in [0.25, 0.3) is 0 Å². The standard InChI is InChI=1S/C21H27ClN4O/c1-15-5-7-16(8-6-15)19(26-11-3-4-12-26)14-24-21(23)25-17-9-10-20(27-2)18(22)13-17/h5-10,13,19H,3-4,11-12,14H2,1-2H3,(H3,23,24,25). The number of nitrogens with one attached hydrogen (secondary N) is 1. The van der Waals surface area contributed by atoms with E-state index in [4.69, 9.17) is 22.1 Å². The SMILES string of the molecule is COc1ccc(NC(N)=NCC(c2ccc(C)cc2)N2CCCC2)cc1Cl. The average Bonchev–Trinajstić information content (AvgIpc) is 3.18. The van der Waals surface area contributed by atoms with Crippen molar-refractivity contribution in [3.05, 3.63) is 58.6 Å². The van der Waals surface area contributed by atoms with Crippen LogP contribution in [0.2, 0.25) is 5.02 Å². The summed E-state index contributed by atoms with van der Waals surface area (Å²) >= 11 is 6.17. The number of aryl methyl sites for hydroxylation is 1. The van der Waals surface area contributed by atoms with Gasteiger partial charge in [-0.2, -0.15) is 0 Å². The third-order valence-corrected chi connectivity index (χ3v) is 5.20. The number of likely N-dealkylation sites (tertiary alicyclic amines) is 1. The molecule has 0 aliphatic carbocycles. The monoisotopic (exact) mass is 386 g/mol. The number of halogens is 1. The van der Waals surface area contributed by atoms with Crippen LogP contribution in [0, 0.1) is 6.92 Å². The topological polar surface area (TPSA) is 62.9 Å². The molecule has 0 spiro atoms. The van der Waals surface area contributed by atoms with Gasteiger partial charge in [0.2, 0.25) is 0 Å². The molecule has 144 valence electrons. The molecule has 0 saturated carbocycles. The first-order valence-corrected chi connectivity index (χ1v) is 9.65. The van der Waals surface area contributed by atoms with E-state index in [9.17, 15) is 0 Å². The molecule has 3 N–H and O–H groups in total. The predicted octanol–water partition coefficient (Wildman–Crippen LogP) is 4.22. The second kappa shape index (κ2) is 9.11. The summed E-state index contributed by atoms with van der Waals surface area (Å²) in [5, 5.41) is 3.64. The Kier molecular flexibility index (Phi) is 6.58. The summed E-state index contributed by atoms with van der Waals surface area (Å²) in [6.45, 7) is 4.94. The van der Waals surface area contributed by atoms with Crippen LogP contribution in [0.4, 0.5) is 5.69 Å². The fraction of sp³-hybridized carbons (Fsp3) is 0.381. The van der Waals surface area contributed by atoms with Crippen LogP contribution in [-0.4, -0.2) is 37.6 Å². The highest BCUT2D eigenvalue weighted by atomic mass is 35.5. The molecule has 27 heavy (non-hydrogen) atoms. The number of hydrogen-bond donors (Lipinski definition) is 2. The summed E-state index contributed by atoms with van der Waals surface area (Å²) in [5.74, 6) is 1.01. The summed E-state index contributed by atoms with van der Waals surface area (Å²) in [7, 11) is 1.59. The van der Waals surface area contributed by atoms with Crippen molar-refractivity contribution in [2.45, 2.75) is 25.8 Å². The molecule has 1 aliphatic rings. The third-order valence-electron chi connectivity index (χ3n) is 4.90. The first-order chi connectivity index (χ1) is 13.1. The Balaban J connectivity index is 1.71. The first kappa shape index (κ1) is 19.5. The van der Waals surface area contributed by atoms with Crippen LogP contribution >= 0.6 is 11.6 Å². The zero-order valence-electron chi connectivity index (χ0n) is 15.9. The lowest BCUT2D eigenvalue weighted by molar-refractivity contribution is 0.252. The van der Waals surface area contributed by atoms with Crippen molar-refractivity contribution < 1.29 is 4.74 Å². The van der Waals surface area contributed by atoms with E-state index >= 15 is 0 Å². The summed E-state index contributed by atoms with van der Waals surface area (Å²) in [4.78, 5) is 7.09. The fourth-order valence-electron chi connectivity index (χ4n) is 3.39. The van der Waals surface area contributed by atoms with Gasteiger partial charge in [0, 0.05) is 5.69 Å². The Labute approximate surface area is 166 Å². The van der Waals surface area contributed by atoms with Crippen molar-refractivity contribution in [3.8, 4) is 5.75 Å². The third kappa shape index (κ3) is 5.15. The number of aliphatic imine (C=N–C) groups is 1. The summed E-state index contributed by atoms with van der Waals surface area (Å²) in [5.41, 5.74) is 9.46. The van der Waals surface area contributed by atoms with Crippen molar-refractivity contribution in [2.24, 2.45) is 10.7 Å². The summed E-state index contributed by atoms with van der Waals surface area (Å²) in [6, 6.07) is 14.4. The summed E-state index contributed by atoms with van der Waals surface area (Å²) < 4.78 is 5.17. The van der Waals surface area contributed by atoms with Crippen LogP contribution in [0.15, 0.2) is 47.5 Å². The number of methoxy groups -OCH3 is 1. The average molecular weight is 387 g/mol. The zero-order valence-corrected chi connectivity index (χ0v) is 16.7. The maximum absolute atomic E-state index is 6.17. The lowest BCUT2D eigenvalue weighted by atomic mass is 10.0. The quantitative estimate of drug-likeness (QED) is 0.576. The van der Waals surface area contributed by atoms with Crippen LogP contribution in [0.5, 0.6) is 5.75 Å². The highest BCUT2D eigenvalue weighted by molar-refractivity contribution is 6.32. The highest BCUT2D eigenvalue weighted by Gasteiger charge is 2.23. The van der Waals surface area contributed by atoms with Gasteiger partial charge in [0.05, 0.1) is 24.7 Å². The first-order valence-electron chi connectivity index (χ1n) is 9.28. The number of anilines is 1. The van der Waals surface area contributed by atoms with E-state index in [0.29, 0.717) is 23.3 Å². The van der Waals surface area contributed by atoms with Crippen molar-refractivity contribution in [2.75, 3.05) is 32.1 Å². The second-order valence-corrected chi connectivity index (χ2v) is 7.28. The maximum atomic E-state index is 6.17. The van der Waals surface area contributed by atoms with Crippen molar-refractivity contribution in [1.82, 2.24) is 4.90 Å². The number of guanidine groups is 1. The smallest absolute Gasteiger partial charge is 0.193 e. The van der Waals surface area contributed by atoms with Crippen molar-refractivity contribution in [3.63, 3.8) is 0 Å². The molecule has 0 bridgehead atoms. The molecule has 1 fully saturated rings. The molecule has 0 radical (unpaired) electrons. The minimum atomic E-state index is 0.243. The molecule has 0 aromatic heterocycles. The number of nitrogens with zero attached hydrogens (tertiary/aromatic N) is 2. The van der Waals surface area contributed by atoms with E-state index in [1.807, 2.05) is 6.07 Å². The predicted molar refractivity (Wildman–Crippen MR) is 113 cm³/mol. The molecule has 1 aliphatic heterocycles. The summed E-state index contributed by atoms with van der Waals surface area (Å²) in [6.07, 6.45) is 2.48. The molecule has 1 heterocycles. The van der Waals surface area contributed by atoms with E-state index in [-0.39, 0.29) is 6.04 Å². The number of ether oxygens (including phenoxy) is 1. The Morgan fingerprint density at radius 2 is 1.93 bits per heavy atom. The van der Waals surface area contributed by atoms with E-state index in [1.54, 1.807) is 19.2 Å². The lowest BCUT2D eigenvalue weighted by Gasteiger charge is -2.27. The largest absolute Gasteiger partial charge is 0.495 e. The van der Waals surface area contributed by atoms with Gasteiger partial charge in [0.25, 0.3) is 0 Å². The van der Waals surface area contributed by atoms with E-state index in [1.165, 1.54) is 24.0 Å². The number of benzene rings is 2. The molecule has 2 aromatic rings. The van der Waals surface area contributed by atoms with Gasteiger partial charge in [-0.05, 0) is 56.6 Å². The zero-order chi connectivity index (χ0) is 19.2. The minimum absolute atomic E-state index is 0.243. The molecule has 1 saturated heterocycles. The Morgan fingerprint density at radius 3 is 2.56 bits per heavy atom. The van der Waals surface area contributed by atoms with E-state index < -0.39 is 0 Å².